The molecule has 0 saturated carbocycles. The van der Waals surface area contributed by atoms with E-state index in [1.165, 1.54) is 18.3 Å². The predicted molar refractivity (Wildman–Crippen MR) is 61.9 cm³/mol. The maximum atomic E-state index is 11.5. The number of carbonyl (C=O) groups is 1. The van der Waals surface area contributed by atoms with E-state index in [0.717, 1.165) is 0 Å². The molecule has 0 bridgehead atoms. The van der Waals surface area contributed by atoms with Crippen molar-refractivity contribution in [3.63, 3.8) is 0 Å². The van der Waals surface area contributed by atoms with Crippen LogP contribution >= 0.6 is 0 Å². The molecule has 0 unspecified atom stereocenters. The molecule has 3 N–H and O–H groups in total. The molecule has 0 aliphatic rings. The minimum absolute atomic E-state index is 0.00371. The second kappa shape index (κ2) is 7.59. The summed E-state index contributed by atoms with van der Waals surface area (Å²) in [5.74, 6) is -0.233. The number of aromatic nitrogens is 1. The highest BCUT2D eigenvalue weighted by Crippen LogP contribution is 1.92. The fourth-order valence-corrected chi connectivity index (χ4v) is 1.20. The molecular weight excluding hydrogens is 224 g/mol. The monoisotopic (exact) mass is 240 g/mol. The molecule has 1 aromatic heterocycles. The number of H-pyrrole nitrogens is 1. The molecule has 0 atom stereocenters. The number of hydrogen-bond donors (Lipinski definition) is 3. The van der Waals surface area contributed by atoms with Crippen molar-refractivity contribution in [2.24, 2.45) is 0 Å². The number of aliphatic hydroxyl groups is 1. The summed E-state index contributed by atoms with van der Waals surface area (Å²) < 4.78 is 5.04. The first-order chi connectivity index (χ1) is 8.24. The fourth-order valence-electron chi connectivity index (χ4n) is 1.20. The molecule has 0 spiro atoms. The summed E-state index contributed by atoms with van der Waals surface area (Å²) >= 11 is 0. The van der Waals surface area contributed by atoms with E-state index in [2.05, 4.69) is 10.3 Å². The minimum Gasteiger partial charge on any atom is -0.394 e. The number of amides is 1. The molecule has 6 nitrogen and oxygen atoms in total. The number of hydrogen-bond acceptors (Lipinski definition) is 4. The molecule has 0 radical (unpaired) electrons. The van der Waals surface area contributed by atoms with Crippen LogP contribution in [0.2, 0.25) is 0 Å². The molecule has 0 aromatic carbocycles. The maximum Gasteiger partial charge on any atom is 0.252 e. The van der Waals surface area contributed by atoms with Crippen LogP contribution in [0.15, 0.2) is 23.1 Å². The van der Waals surface area contributed by atoms with Gasteiger partial charge in [0.1, 0.15) is 0 Å². The summed E-state index contributed by atoms with van der Waals surface area (Å²) in [5, 5.41) is 11.2. The van der Waals surface area contributed by atoms with E-state index in [4.69, 9.17) is 9.84 Å². The van der Waals surface area contributed by atoms with Crippen molar-refractivity contribution in [2.75, 3.05) is 26.4 Å². The lowest BCUT2D eigenvalue weighted by Crippen LogP contribution is -2.26. The van der Waals surface area contributed by atoms with Gasteiger partial charge in [-0.15, -0.1) is 0 Å². The highest BCUT2D eigenvalue weighted by Gasteiger charge is 2.03. The number of ether oxygens (including phenoxy) is 1. The average molecular weight is 240 g/mol. The van der Waals surface area contributed by atoms with Gasteiger partial charge in [-0.3, -0.25) is 9.59 Å². The van der Waals surface area contributed by atoms with E-state index in [1.807, 2.05) is 0 Å². The first-order valence-electron chi connectivity index (χ1n) is 5.39. The van der Waals surface area contributed by atoms with Crippen LogP contribution in [0.1, 0.15) is 16.8 Å². The Hall–Kier alpha value is -1.66. The number of rotatable bonds is 7. The minimum atomic E-state index is -0.237. The number of carbonyl (C=O) groups excluding carboxylic acids is 1. The van der Waals surface area contributed by atoms with Crippen LogP contribution in [0.4, 0.5) is 0 Å². The third kappa shape index (κ3) is 5.28. The number of nitrogens with one attached hydrogen (secondary N) is 2. The Morgan fingerprint density at radius 1 is 1.41 bits per heavy atom. The molecule has 1 amide bonds. The number of aromatic amines is 1. The van der Waals surface area contributed by atoms with Crippen LogP contribution in [-0.4, -0.2) is 42.4 Å². The second-order valence-corrected chi connectivity index (χ2v) is 3.39. The van der Waals surface area contributed by atoms with Crippen molar-refractivity contribution in [3.8, 4) is 0 Å². The smallest absolute Gasteiger partial charge is 0.252 e. The van der Waals surface area contributed by atoms with Gasteiger partial charge >= 0.3 is 0 Å². The molecule has 6 heteroatoms. The molecule has 1 heterocycles. The second-order valence-electron chi connectivity index (χ2n) is 3.39. The van der Waals surface area contributed by atoms with E-state index in [9.17, 15) is 9.59 Å². The number of aliphatic hydroxyl groups excluding tert-OH is 1. The first-order valence-corrected chi connectivity index (χ1v) is 5.39. The van der Waals surface area contributed by atoms with Crippen LogP contribution in [0, 0.1) is 0 Å². The van der Waals surface area contributed by atoms with Crippen molar-refractivity contribution in [1.29, 1.82) is 0 Å². The van der Waals surface area contributed by atoms with E-state index < -0.39 is 0 Å². The molecule has 17 heavy (non-hydrogen) atoms. The van der Waals surface area contributed by atoms with Crippen LogP contribution < -0.4 is 10.9 Å². The van der Waals surface area contributed by atoms with Crippen molar-refractivity contribution in [2.45, 2.75) is 6.42 Å². The molecular formula is C11H16N2O4. The van der Waals surface area contributed by atoms with Crippen molar-refractivity contribution >= 4 is 5.91 Å². The summed E-state index contributed by atoms with van der Waals surface area (Å²) in [5.41, 5.74) is 0.180. The maximum absolute atomic E-state index is 11.5. The van der Waals surface area contributed by atoms with Crippen LogP contribution in [0.5, 0.6) is 0 Å². The largest absolute Gasteiger partial charge is 0.394 e. The summed E-state index contributed by atoms with van der Waals surface area (Å²) in [6, 6.07) is 2.77. The van der Waals surface area contributed by atoms with Gasteiger partial charge in [0.25, 0.3) is 5.91 Å². The van der Waals surface area contributed by atoms with E-state index >= 15 is 0 Å². The summed E-state index contributed by atoms with van der Waals surface area (Å²) in [4.78, 5) is 24.7. The highest BCUT2D eigenvalue weighted by molar-refractivity contribution is 5.93. The van der Waals surface area contributed by atoms with Gasteiger partial charge in [-0.2, -0.15) is 0 Å². The van der Waals surface area contributed by atoms with Gasteiger partial charge in [0.2, 0.25) is 5.56 Å². The lowest BCUT2D eigenvalue weighted by molar-refractivity contribution is 0.0867. The van der Waals surface area contributed by atoms with Gasteiger partial charge in [-0.1, -0.05) is 0 Å². The normalized spacial score (nSPS) is 10.2. The Balaban J connectivity index is 2.21. The molecule has 0 aliphatic carbocycles. The Labute approximate surface area is 98.6 Å². The van der Waals surface area contributed by atoms with Gasteiger partial charge in [0.05, 0.1) is 18.8 Å². The third-order valence-corrected chi connectivity index (χ3v) is 2.03. The van der Waals surface area contributed by atoms with Crippen molar-refractivity contribution in [3.05, 3.63) is 34.2 Å². The fraction of sp³-hybridized carbons (Fsp3) is 0.455. The Kier molecular flexibility index (Phi) is 5.98. The zero-order valence-corrected chi connectivity index (χ0v) is 9.44. The average Bonchev–Trinajstić information content (AvgIpc) is 2.34. The van der Waals surface area contributed by atoms with E-state index in [1.54, 1.807) is 0 Å². The summed E-state index contributed by atoms with van der Waals surface area (Å²) in [7, 11) is 0. The highest BCUT2D eigenvalue weighted by atomic mass is 16.5. The van der Waals surface area contributed by atoms with Gasteiger partial charge in [0.15, 0.2) is 0 Å². The lowest BCUT2D eigenvalue weighted by atomic mass is 10.2. The zero-order valence-electron chi connectivity index (χ0n) is 9.44. The van der Waals surface area contributed by atoms with Gasteiger partial charge in [-0.25, -0.2) is 0 Å². The molecule has 1 rings (SSSR count). The molecule has 0 fully saturated rings. The quantitative estimate of drug-likeness (QED) is 0.560. The Bertz CT molecular complexity index is 382. The molecule has 0 aliphatic heterocycles. The predicted octanol–water partition coefficient (Wildman–Crippen LogP) is -0.496. The van der Waals surface area contributed by atoms with Gasteiger partial charge in [0, 0.05) is 25.4 Å². The van der Waals surface area contributed by atoms with Gasteiger partial charge < -0.3 is 20.1 Å². The standard InChI is InChI=1S/C11H16N2O4/c14-5-7-17-6-1-4-12-11(16)9-2-3-10(15)13-8-9/h2-3,8,14H,1,4-7H2,(H,12,16)(H,13,15). The third-order valence-electron chi connectivity index (χ3n) is 2.03. The molecule has 1 aromatic rings. The van der Waals surface area contributed by atoms with Crippen molar-refractivity contribution < 1.29 is 14.6 Å². The topological polar surface area (TPSA) is 91.4 Å². The first kappa shape index (κ1) is 13.4. The van der Waals surface area contributed by atoms with Gasteiger partial charge in [-0.05, 0) is 12.5 Å². The van der Waals surface area contributed by atoms with Crippen LogP contribution in [-0.2, 0) is 4.74 Å². The van der Waals surface area contributed by atoms with E-state index in [-0.39, 0.29) is 18.1 Å². The Morgan fingerprint density at radius 3 is 2.88 bits per heavy atom. The molecule has 0 saturated heterocycles. The summed E-state index contributed by atoms with van der Waals surface area (Å²) in [6.45, 7) is 1.30. The summed E-state index contributed by atoms with van der Waals surface area (Å²) in [6.07, 6.45) is 2.05. The SMILES string of the molecule is O=C(NCCCOCCO)c1ccc(=O)[nH]c1. The lowest BCUT2D eigenvalue weighted by Gasteiger charge is -2.05. The Morgan fingerprint density at radius 2 is 2.24 bits per heavy atom. The van der Waals surface area contributed by atoms with Crippen LogP contribution in [0.25, 0.3) is 0 Å². The van der Waals surface area contributed by atoms with E-state index in [0.29, 0.717) is 31.7 Å². The zero-order chi connectivity index (χ0) is 12.5. The van der Waals surface area contributed by atoms with Crippen molar-refractivity contribution in [1.82, 2.24) is 10.3 Å². The number of pyridine rings is 1. The molecule has 94 valence electrons. The van der Waals surface area contributed by atoms with Crippen LogP contribution in [0.3, 0.4) is 0 Å².